The summed E-state index contributed by atoms with van der Waals surface area (Å²) >= 11 is 0. The highest BCUT2D eigenvalue weighted by atomic mass is 19.1. The second-order valence-electron chi connectivity index (χ2n) is 4.69. The van der Waals surface area contributed by atoms with Gasteiger partial charge in [-0.2, -0.15) is 0 Å². The molecule has 0 saturated heterocycles. The van der Waals surface area contributed by atoms with Crippen LogP contribution in [-0.4, -0.2) is 36.2 Å². The lowest BCUT2D eigenvalue weighted by molar-refractivity contribution is 0.251. The van der Waals surface area contributed by atoms with Crippen molar-refractivity contribution < 1.29 is 9.50 Å². The first-order valence-electron chi connectivity index (χ1n) is 6.43. The molecule has 0 amide bonds. The lowest BCUT2D eigenvalue weighted by Crippen LogP contribution is -2.34. The average Bonchev–Trinajstić information content (AvgIpc) is 2.37. The van der Waals surface area contributed by atoms with Crippen molar-refractivity contribution in [1.29, 1.82) is 0 Å². The van der Waals surface area contributed by atoms with Crippen LogP contribution in [0.2, 0.25) is 0 Å². The highest BCUT2D eigenvalue weighted by molar-refractivity contribution is 5.32. The molecule has 0 radical (unpaired) electrons. The van der Waals surface area contributed by atoms with Gasteiger partial charge in [0.25, 0.3) is 0 Å². The van der Waals surface area contributed by atoms with Gasteiger partial charge < -0.3 is 15.3 Å². The Bertz CT molecular complexity index is 371. The maximum Gasteiger partial charge on any atom is 0.123 e. The summed E-state index contributed by atoms with van der Waals surface area (Å²) in [6, 6.07) is 4.57. The van der Waals surface area contributed by atoms with Crippen LogP contribution < -0.4 is 5.32 Å². The molecule has 1 aromatic carbocycles. The van der Waals surface area contributed by atoms with Crippen LogP contribution >= 0.6 is 0 Å². The minimum atomic E-state index is -0.318. The zero-order valence-electron chi connectivity index (χ0n) is 11.4. The van der Waals surface area contributed by atoms with E-state index in [0.717, 1.165) is 19.5 Å². The Hall–Kier alpha value is -1.13. The fourth-order valence-electron chi connectivity index (χ4n) is 1.71. The molecule has 0 aliphatic heterocycles. The highest BCUT2D eigenvalue weighted by Crippen LogP contribution is 2.17. The van der Waals surface area contributed by atoms with Crippen molar-refractivity contribution in [1.82, 2.24) is 10.2 Å². The van der Waals surface area contributed by atoms with Gasteiger partial charge in [0, 0.05) is 31.2 Å². The number of aromatic hydroxyl groups is 1. The number of nitrogens with zero attached hydrogens (tertiary/aromatic N) is 1. The predicted molar refractivity (Wildman–Crippen MR) is 72.2 cm³/mol. The second kappa shape index (κ2) is 7.34. The summed E-state index contributed by atoms with van der Waals surface area (Å²) in [5, 5.41) is 12.8. The highest BCUT2D eigenvalue weighted by Gasteiger charge is 2.06. The summed E-state index contributed by atoms with van der Waals surface area (Å²) in [4.78, 5) is 2.28. The third kappa shape index (κ3) is 4.63. The van der Waals surface area contributed by atoms with Crippen molar-refractivity contribution in [3.63, 3.8) is 0 Å². The Labute approximate surface area is 109 Å². The second-order valence-corrected chi connectivity index (χ2v) is 4.69. The van der Waals surface area contributed by atoms with E-state index in [0.29, 0.717) is 18.2 Å². The molecular formula is C14H23FN2O. The Morgan fingerprint density at radius 1 is 1.44 bits per heavy atom. The average molecular weight is 254 g/mol. The van der Waals surface area contributed by atoms with Crippen molar-refractivity contribution in [2.75, 3.05) is 20.1 Å². The van der Waals surface area contributed by atoms with Gasteiger partial charge in [-0.25, -0.2) is 4.39 Å². The van der Waals surface area contributed by atoms with Gasteiger partial charge in [0.2, 0.25) is 0 Å². The summed E-state index contributed by atoms with van der Waals surface area (Å²) < 4.78 is 13.0. The van der Waals surface area contributed by atoms with E-state index < -0.39 is 0 Å². The molecule has 0 heterocycles. The normalized spacial score (nSPS) is 12.9. The third-order valence-corrected chi connectivity index (χ3v) is 3.34. The molecule has 0 aliphatic carbocycles. The van der Waals surface area contributed by atoms with Crippen LogP contribution in [0.15, 0.2) is 18.2 Å². The van der Waals surface area contributed by atoms with E-state index in [4.69, 9.17) is 0 Å². The number of halogens is 1. The number of likely N-dealkylation sites (N-methyl/N-ethyl adjacent to an activating group) is 1. The number of hydrogen-bond donors (Lipinski definition) is 2. The Balaban J connectivity index is 2.31. The molecule has 4 heteroatoms. The Morgan fingerprint density at radius 2 is 2.17 bits per heavy atom. The first kappa shape index (κ1) is 14.9. The molecule has 0 saturated carbocycles. The topological polar surface area (TPSA) is 35.5 Å². The fraction of sp³-hybridized carbons (Fsp3) is 0.571. The molecule has 0 bridgehead atoms. The Kier molecular flexibility index (Phi) is 6.09. The molecule has 18 heavy (non-hydrogen) atoms. The van der Waals surface area contributed by atoms with Crippen LogP contribution in [-0.2, 0) is 6.54 Å². The number of phenols is 1. The Morgan fingerprint density at radius 3 is 2.83 bits per heavy atom. The van der Waals surface area contributed by atoms with Crippen molar-refractivity contribution >= 4 is 0 Å². The minimum absolute atomic E-state index is 0.138. The van der Waals surface area contributed by atoms with E-state index in [1.165, 1.54) is 18.2 Å². The van der Waals surface area contributed by atoms with E-state index in [1.807, 2.05) is 0 Å². The first-order chi connectivity index (χ1) is 8.54. The van der Waals surface area contributed by atoms with Gasteiger partial charge in [-0.05, 0) is 38.6 Å². The van der Waals surface area contributed by atoms with Gasteiger partial charge in [-0.1, -0.05) is 6.92 Å². The van der Waals surface area contributed by atoms with Gasteiger partial charge in [-0.3, -0.25) is 0 Å². The number of benzene rings is 1. The van der Waals surface area contributed by atoms with Crippen LogP contribution in [0.25, 0.3) is 0 Å². The van der Waals surface area contributed by atoms with Crippen molar-refractivity contribution in [2.45, 2.75) is 32.9 Å². The van der Waals surface area contributed by atoms with Gasteiger partial charge in [0.05, 0.1) is 0 Å². The van der Waals surface area contributed by atoms with Crippen LogP contribution in [0.1, 0.15) is 25.8 Å². The van der Waals surface area contributed by atoms with E-state index in [9.17, 15) is 9.50 Å². The summed E-state index contributed by atoms with van der Waals surface area (Å²) in [7, 11) is 2.09. The van der Waals surface area contributed by atoms with E-state index >= 15 is 0 Å². The van der Waals surface area contributed by atoms with E-state index in [2.05, 4.69) is 31.1 Å². The molecule has 1 atom stereocenters. The third-order valence-electron chi connectivity index (χ3n) is 3.34. The number of nitrogens with one attached hydrogen (secondary N) is 1. The first-order valence-corrected chi connectivity index (χ1v) is 6.43. The molecule has 3 nitrogen and oxygen atoms in total. The van der Waals surface area contributed by atoms with Crippen LogP contribution in [0.5, 0.6) is 5.75 Å². The predicted octanol–water partition coefficient (Wildman–Crippen LogP) is 2.35. The molecule has 0 spiro atoms. The number of phenolic OH excluding ortho intramolecular Hbond substituents is 1. The number of hydrogen-bond acceptors (Lipinski definition) is 3. The quantitative estimate of drug-likeness (QED) is 0.733. The maximum atomic E-state index is 13.0. The van der Waals surface area contributed by atoms with Crippen molar-refractivity contribution in [3.05, 3.63) is 29.6 Å². The summed E-state index contributed by atoms with van der Waals surface area (Å²) in [6.07, 6.45) is 1.13. The van der Waals surface area contributed by atoms with Crippen LogP contribution in [0, 0.1) is 5.82 Å². The molecule has 102 valence electrons. The SMILES string of the molecule is CCC(C)N(C)CCNCc1cc(F)ccc1O. The van der Waals surface area contributed by atoms with Gasteiger partial charge in [0.1, 0.15) is 11.6 Å². The van der Waals surface area contributed by atoms with E-state index in [1.54, 1.807) is 0 Å². The monoisotopic (exact) mass is 254 g/mol. The number of rotatable bonds is 7. The molecule has 2 N–H and O–H groups in total. The van der Waals surface area contributed by atoms with Crippen LogP contribution in [0.4, 0.5) is 4.39 Å². The van der Waals surface area contributed by atoms with E-state index in [-0.39, 0.29) is 11.6 Å². The molecular weight excluding hydrogens is 231 g/mol. The van der Waals surface area contributed by atoms with Gasteiger partial charge in [0.15, 0.2) is 0 Å². The minimum Gasteiger partial charge on any atom is -0.508 e. The smallest absolute Gasteiger partial charge is 0.123 e. The zero-order valence-corrected chi connectivity index (χ0v) is 11.4. The molecule has 0 aromatic heterocycles. The summed E-state index contributed by atoms with van der Waals surface area (Å²) in [6.45, 7) is 6.59. The van der Waals surface area contributed by atoms with Gasteiger partial charge >= 0.3 is 0 Å². The lowest BCUT2D eigenvalue weighted by Gasteiger charge is -2.23. The summed E-state index contributed by atoms with van der Waals surface area (Å²) in [5.41, 5.74) is 0.598. The summed E-state index contributed by atoms with van der Waals surface area (Å²) in [5.74, 6) is -0.180. The fourth-order valence-corrected chi connectivity index (χ4v) is 1.71. The molecule has 0 aliphatic rings. The lowest BCUT2D eigenvalue weighted by atomic mass is 10.2. The molecule has 0 fully saturated rings. The molecule has 1 unspecified atom stereocenters. The van der Waals surface area contributed by atoms with Crippen LogP contribution in [0.3, 0.4) is 0 Å². The van der Waals surface area contributed by atoms with Crippen molar-refractivity contribution in [2.24, 2.45) is 0 Å². The zero-order chi connectivity index (χ0) is 13.5. The largest absolute Gasteiger partial charge is 0.508 e. The van der Waals surface area contributed by atoms with Crippen molar-refractivity contribution in [3.8, 4) is 5.75 Å². The molecule has 1 rings (SSSR count). The van der Waals surface area contributed by atoms with Gasteiger partial charge in [-0.15, -0.1) is 0 Å². The standard InChI is InChI=1S/C14H23FN2O/c1-4-11(2)17(3)8-7-16-10-12-9-13(15)5-6-14(12)18/h5-6,9,11,16,18H,4,7-8,10H2,1-3H3. The maximum absolute atomic E-state index is 13.0. The molecule has 1 aromatic rings.